The first-order valence-corrected chi connectivity index (χ1v) is 10.7. The molecule has 0 aromatic carbocycles. The number of hydrogen-bond acceptors (Lipinski definition) is 2. The Morgan fingerprint density at radius 2 is 1.62 bits per heavy atom. The lowest BCUT2D eigenvalue weighted by Crippen LogP contribution is -2.33. The number of aliphatic hydroxyl groups excluding tert-OH is 1. The Balaban J connectivity index is 0. The van der Waals surface area contributed by atoms with Gasteiger partial charge in [0.25, 0.3) is 0 Å². The maximum atomic E-state index is 10.3. The van der Waals surface area contributed by atoms with Gasteiger partial charge in [-0.15, -0.1) is 0 Å². The maximum Gasteiger partial charge on any atom is 0.106 e. The molecule has 0 amide bonds. The fraction of sp³-hybridized carbons (Fsp3) is 0.792. The van der Waals surface area contributed by atoms with Crippen molar-refractivity contribution in [2.45, 2.75) is 93.6 Å². The average Bonchev–Trinajstić information content (AvgIpc) is 2.77. The minimum Gasteiger partial charge on any atom is -0.392 e. The lowest BCUT2D eigenvalue weighted by atomic mass is 9.70. The van der Waals surface area contributed by atoms with Gasteiger partial charge >= 0.3 is 0 Å². The van der Waals surface area contributed by atoms with Crippen LogP contribution in [0.4, 0.5) is 0 Å². The highest BCUT2D eigenvalue weighted by Crippen LogP contribution is 2.41. The van der Waals surface area contributed by atoms with Gasteiger partial charge in [-0.2, -0.15) is 0 Å². The van der Waals surface area contributed by atoms with Gasteiger partial charge in [0, 0.05) is 5.92 Å². The second-order valence-corrected chi connectivity index (χ2v) is 8.11. The third-order valence-corrected chi connectivity index (χ3v) is 5.21. The Morgan fingerprint density at radius 3 is 2.04 bits per heavy atom. The summed E-state index contributed by atoms with van der Waals surface area (Å²) in [4.78, 5) is 8.00. The van der Waals surface area contributed by atoms with E-state index in [1.54, 1.807) is 0 Å². The number of aliphatic hydroxyl groups is 1. The molecule has 2 aliphatic carbocycles. The van der Waals surface area contributed by atoms with Crippen molar-refractivity contribution in [3.05, 3.63) is 23.8 Å². The lowest BCUT2D eigenvalue weighted by Gasteiger charge is -2.36. The van der Waals surface area contributed by atoms with Gasteiger partial charge in [0.1, 0.15) is 6.79 Å². The van der Waals surface area contributed by atoms with Gasteiger partial charge in [-0.25, -0.2) is 0 Å². The maximum absolute atomic E-state index is 10.3. The van der Waals surface area contributed by atoms with E-state index in [1.165, 1.54) is 24.8 Å². The van der Waals surface area contributed by atoms with Gasteiger partial charge in [0.05, 0.1) is 6.10 Å². The topological polar surface area (TPSA) is 37.3 Å². The molecular formula is C24H46O2. The third-order valence-electron chi connectivity index (χ3n) is 5.21. The summed E-state index contributed by atoms with van der Waals surface area (Å²) in [7, 11) is 0. The quantitative estimate of drug-likeness (QED) is 0.581. The van der Waals surface area contributed by atoms with Crippen LogP contribution in [0.2, 0.25) is 0 Å². The largest absolute Gasteiger partial charge is 0.392 e. The average molecular weight is 367 g/mol. The molecule has 1 N–H and O–H groups in total. The van der Waals surface area contributed by atoms with Crippen molar-refractivity contribution >= 4 is 6.79 Å². The van der Waals surface area contributed by atoms with Crippen molar-refractivity contribution in [3.8, 4) is 0 Å². The fourth-order valence-electron chi connectivity index (χ4n) is 3.42. The second kappa shape index (κ2) is 16.3. The molecule has 0 saturated heterocycles. The molecule has 154 valence electrons. The number of carbonyl (C=O) groups is 1. The molecule has 0 aliphatic heterocycles. The molecule has 0 saturated carbocycles. The van der Waals surface area contributed by atoms with Crippen LogP contribution in [0.5, 0.6) is 0 Å². The molecule has 0 bridgehead atoms. The van der Waals surface area contributed by atoms with E-state index in [9.17, 15) is 5.11 Å². The zero-order valence-corrected chi connectivity index (χ0v) is 18.8. The number of hydrogen-bond donors (Lipinski definition) is 1. The standard InChI is InChI=1S/C15H24O.C5H12.C3H8.CH2O/c1-4-13-11(3)6-7-12-9-10(2)5-8-14(16)15(12)13;1-4-5(2)3;1-3-2;1-2/h6-7,9-11,13-16H,4-5,8H2,1-3H3;5H,4H2,1-3H3;3H2,1-2H3;1H2/t10-,11?,13+,14+,15+;;;/m1.../s1. The Hall–Kier alpha value is -0.890. The predicted molar refractivity (Wildman–Crippen MR) is 116 cm³/mol. The molecular weight excluding hydrogens is 320 g/mol. The third kappa shape index (κ3) is 10.3. The van der Waals surface area contributed by atoms with Gasteiger partial charge in [-0.3, -0.25) is 0 Å². The van der Waals surface area contributed by atoms with Crippen LogP contribution in [0.25, 0.3) is 0 Å². The number of fused-ring (bicyclic) bond motifs is 1. The summed E-state index contributed by atoms with van der Waals surface area (Å²) in [5.74, 6) is 3.11. The molecule has 2 heteroatoms. The van der Waals surface area contributed by atoms with Crippen molar-refractivity contribution in [1.82, 2.24) is 0 Å². The van der Waals surface area contributed by atoms with Crippen molar-refractivity contribution < 1.29 is 9.90 Å². The summed E-state index contributed by atoms with van der Waals surface area (Å²) in [6.07, 6.45) is 12.6. The van der Waals surface area contributed by atoms with Crippen LogP contribution >= 0.6 is 0 Å². The Kier molecular flexibility index (Phi) is 17.1. The summed E-state index contributed by atoms with van der Waals surface area (Å²) in [5, 5.41) is 10.3. The molecule has 26 heavy (non-hydrogen) atoms. The van der Waals surface area contributed by atoms with Crippen molar-refractivity contribution in [2.75, 3.05) is 0 Å². The smallest absolute Gasteiger partial charge is 0.106 e. The molecule has 0 aromatic rings. The fourth-order valence-corrected chi connectivity index (χ4v) is 3.42. The van der Waals surface area contributed by atoms with Crippen molar-refractivity contribution in [2.24, 2.45) is 29.6 Å². The molecule has 0 radical (unpaired) electrons. The van der Waals surface area contributed by atoms with Crippen LogP contribution in [0.15, 0.2) is 23.8 Å². The first-order valence-electron chi connectivity index (χ1n) is 10.7. The zero-order valence-electron chi connectivity index (χ0n) is 18.8. The Morgan fingerprint density at radius 1 is 1.12 bits per heavy atom. The van der Waals surface area contributed by atoms with E-state index in [2.05, 4.69) is 73.6 Å². The lowest BCUT2D eigenvalue weighted by molar-refractivity contribution is -0.0979. The summed E-state index contributed by atoms with van der Waals surface area (Å²) in [5.41, 5.74) is 1.39. The molecule has 0 heterocycles. The predicted octanol–water partition coefficient (Wildman–Crippen LogP) is 6.84. The SMILES string of the molecule is C=O.CCC.CCC(C)C.CC[C@H]1C(C)C=CC2=C[C@H](C)CC[C@H](O)[C@@H]21. The molecule has 2 rings (SSSR count). The Bertz CT molecular complexity index is 384. The van der Waals surface area contributed by atoms with E-state index < -0.39 is 0 Å². The Labute approximate surface area is 164 Å². The first-order chi connectivity index (χ1) is 12.3. The van der Waals surface area contributed by atoms with Crippen molar-refractivity contribution in [3.63, 3.8) is 0 Å². The van der Waals surface area contributed by atoms with Crippen molar-refractivity contribution in [1.29, 1.82) is 0 Å². The molecule has 2 aliphatic rings. The number of carbonyl (C=O) groups excluding carboxylic acids is 1. The van der Waals surface area contributed by atoms with Gasteiger partial charge < -0.3 is 9.90 Å². The summed E-state index contributed by atoms with van der Waals surface area (Å²) in [6, 6.07) is 0. The van der Waals surface area contributed by atoms with Crippen LogP contribution < -0.4 is 0 Å². The monoisotopic (exact) mass is 366 g/mol. The minimum atomic E-state index is -0.131. The van der Waals surface area contributed by atoms with Crippen LogP contribution in [-0.2, 0) is 4.79 Å². The van der Waals surface area contributed by atoms with E-state index >= 15 is 0 Å². The molecule has 1 unspecified atom stereocenters. The summed E-state index contributed by atoms with van der Waals surface area (Å²) >= 11 is 0. The number of allylic oxidation sites excluding steroid dienone is 3. The van der Waals surface area contributed by atoms with E-state index in [-0.39, 0.29) is 6.10 Å². The molecule has 0 spiro atoms. The van der Waals surface area contributed by atoms with Gasteiger partial charge in [-0.1, -0.05) is 92.9 Å². The normalized spacial score (nSPS) is 29.5. The van der Waals surface area contributed by atoms with Crippen LogP contribution in [0.3, 0.4) is 0 Å². The van der Waals surface area contributed by atoms with Gasteiger partial charge in [0.15, 0.2) is 0 Å². The van der Waals surface area contributed by atoms with E-state index in [1.807, 2.05) is 6.79 Å². The molecule has 2 nitrogen and oxygen atoms in total. The highest BCUT2D eigenvalue weighted by Gasteiger charge is 2.36. The van der Waals surface area contributed by atoms with Crippen LogP contribution in [0.1, 0.15) is 87.5 Å². The van der Waals surface area contributed by atoms with Crippen LogP contribution in [-0.4, -0.2) is 18.0 Å². The van der Waals surface area contributed by atoms with E-state index in [0.29, 0.717) is 23.7 Å². The van der Waals surface area contributed by atoms with E-state index in [0.717, 1.165) is 18.8 Å². The summed E-state index contributed by atoms with van der Waals surface area (Å²) < 4.78 is 0. The first kappa shape index (κ1) is 27.3. The minimum absolute atomic E-state index is 0.131. The molecule has 5 atom stereocenters. The molecule has 0 fully saturated rings. The second-order valence-electron chi connectivity index (χ2n) is 8.11. The molecule has 0 aromatic heterocycles. The van der Waals surface area contributed by atoms with E-state index in [4.69, 9.17) is 4.79 Å². The highest BCUT2D eigenvalue weighted by atomic mass is 16.3. The number of rotatable bonds is 2. The van der Waals surface area contributed by atoms with Gasteiger partial charge in [-0.05, 0) is 42.1 Å². The van der Waals surface area contributed by atoms with Crippen LogP contribution in [0, 0.1) is 29.6 Å². The van der Waals surface area contributed by atoms with Gasteiger partial charge in [0.2, 0.25) is 0 Å². The highest BCUT2D eigenvalue weighted by molar-refractivity contribution is 5.30. The zero-order chi connectivity index (χ0) is 20.7. The summed E-state index contributed by atoms with van der Waals surface area (Å²) in [6.45, 7) is 19.7.